The van der Waals surface area contributed by atoms with Crippen molar-refractivity contribution < 1.29 is 4.79 Å². The summed E-state index contributed by atoms with van der Waals surface area (Å²) in [5.74, 6) is 0.869. The molecule has 0 N–H and O–H groups in total. The molecule has 20 heavy (non-hydrogen) atoms. The fraction of sp³-hybridized carbons (Fsp3) is 0.611. The van der Waals surface area contributed by atoms with Crippen molar-refractivity contribution in [1.82, 2.24) is 4.90 Å². The predicted octanol–water partition coefficient (Wildman–Crippen LogP) is 3.94. The molecular weight excluding hydrogens is 246 g/mol. The molecule has 2 nitrogen and oxygen atoms in total. The van der Waals surface area contributed by atoms with Gasteiger partial charge in [0.05, 0.1) is 6.04 Å². The number of carbonyl (C=O) groups is 1. The highest BCUT2D eigenvalue weighted by atomic mass is 16.1. The molecule has 0 amide bonds. The van der Waals surface area contributed by atoms with Crippen LogP contribution in [-0.4, -0.2) is 29.3 Å². The monoisotopic (exact) mass is 273 g/mol. The van der Waals surface area contributed by atoms with Gasteiger partial charge in [0.25, 0.3) is 0 Å². The van der Waals surface area contributed by atoms with Crippen LogP contribution in [0.1, 0.15) is 56.5 Å². The highest BCUT2D eigenvalue weighted by Gasteiger charge is 2.35. The number of hydrogen-bond donors (Lipinski definition) is 0. The van der Waals surface area contributed by atoms with Gasteiger partial charge < -0.3 is 0 Å². The van der Waals surface area contributed by atoms with E-state index in [9.17, 15) is 4.79 Å². The van der Waals surface area contributed by atoms with Gasteiger partial charge in [-0.1, -0.05) is 45.0 Å². The number of Topliss-reactive ketones (excluding diaryl/α,β-unsaturated/α-hetero) is 1. The van der Waals surface area contributed by atoms with E-state index in [1.165, 1.54) is 18.4 Å². The van der Waals surface area contributed by atoms with Crippen LogP contribution in [0.4, 0.5) is 0 Å². The number of rotatable bonds is 7. The van der Waals surface area contributed by atoms with Crippen molar-refractivity contribution in [2.45, 2.75) is 59.0 Å². The van der Waals surface area contributed by atoms with E-state index < -0.39 is 0 Å². The molecule has 0 saturated heterocycles. The topological polar surface area (TPSA) is 20.3 Å². The van der Waals surface area contributed by atoms with Gasteiger partial charge in [0, 0.05) is 18.2 Å². The Labute approximate surface area is 123 Å². The van der Waals surface area contributed by atoms with Crippen molar-refractivity contribution in [3.63, 3.8) is 0 Å². The van der Waals surface area contributed by atoms with E-state index in [0.29, 0.717) is 12.0 Å². The van der Waals surface area contributed by atoms with E-state index in [1.807, 2.05) is 12.1 Å². The van der Waals surface area contributed by atoms with Gasteiger partial charge in [0.1, 0.15) is 0 Å². The van der Waals surface area contributed by atoms with E-state index in [0.717, 1.165) is 18.5 Å². The molecule has 1 saturated carbocycles. The van der Waals surface area contributed by atoms with Gasteiger partial charge in [0.15, 0.2) is 5.78 Å². The van der Waals surface area contributed by atoms with Crippen LogP contribution in [-0.2, 0) is 6.42 Å². The molecule has 1 atom stereocenters. The Kier molecular flexibility index (Phi) is 4.98. The van der Waals surface area contributed by atoms with E-state index >= 15 is 0 Å². The van der Waals surface area contributed by atoms with Gasteiger partial charge >= 0.3 is 0 Å². The second-order valence-electron chi connectivity index (χ2n) is 6.41. The predicted molar refractivity (Wildman–Crippen MR) is 84.2 cm³/mol. The Bertz CT molecular complexity index is 445. The SMILES string of the molecule is CCc1ccc(C(=O)C(C)N(CC(C)C)C2CC2)cc1. The number of aryl methyl sites for hydroxylation is 1. The normalized spacial score (nSPS) is 16.7. The Balaban J connectivity index is 2.08. The summed E-state index contributed by atoms with van der Waals surface area (Å²) >= 11 is 0. The van der Waals surface area contributed by atoms with Crippen LogP contribution in [0.5, 0.6) is 0 Å². The van der Waals surface area contributed by atoms with E-state index in [2.05, 4.69) is 44.7 Å². The van der Waals surface area contributed by atoms with Crippen molar-refractivity contribution in [2.75, 3.05) is 6.54 Å². The van der Waals surface area contributed by atoms with Gasteiger partial charge in [-0.25, -0.2) is 0 Å². The first-order valence-corrected chi connectivity index (χ1v) is 7.91. The van der Waals surface area contributed by atoms with Crippen molar-refractivity contribution >= 4 is 5.78 Å². The summed E-state index contributed by atoms with van der Waals surface area (Å²) < 4.78 is 0. The van der Waals surface area contributed by atoms with Crippen molar-refractivity contribution in [2.24, 2.45) is 5.92 Å². The lowest BCUT2D eigenvalue weighted by Crippen LogP contribution is -2.42. The van der Waals surface area contributed by atoms with Gasteiger partial charge in [-0.05, 0) is 37.7 Å². The first-order valence-electron chi connectivity index (χ1n) is 7.91. The molecule has 1 aromatic rings. The number of ketones is 1. The lowest BCUT2D eigenvalue weighted by Gasteiger charge is -2.29. The molecule has 2 heteroatoms. The minimum absolute atomic E-state index is 0.00243. The fourth-order valence-corrected chi connectivity index (χ4v) is 2.75. The number of benzene rings is 1. The maximum Gasteiger partial charge on any atom is 0.179 e. The molecular formula is C18H27NO. The summed E-state index contributed by atoms with van der Waals surface area (Å²) in [6, 6.07) is 8.74. The molecule has 0 bridgehead atoms. The van der Waals surface area contributed by atoms with Crippen LogP contribution in [0, 0.1) is 5.92 Å². The lowest BCUT2D eigenvalue weighted by molar-refractivity contribution is 0.0807. The first-order chi connectivity index (χ1) is 9.52. The maximum absolute atomic E-state index is 12.7. The lowest BCUT2D eigenvalue weighted by atomic mass is 10.0. The van der Waals surface area contributed by atoms with E-state index in [4.69, 9.17) is 0 Å². The molecule has 110 valence electrons. The quantitative estimate of drug-likeness (QED) is 0.701. The largest absolute Gasteiger partial charge is 0.292 e. The number of hydrogen-bond acceptors (Lipinski definition) is 2. The highest BCUT2D eigenvalue weighted by Crippen LogP contribution is 2.30. The molecule has 1 aromatic carbocycles. The summed E-state index contributed by atoms with van der Waals surface area (Å²) in [6.45, 7) is 9.67. The molecule has 1 aliphatic carbocycles. The molecule has 0 spiro atoms. The summed E-state index contributed by atoms with van der Waals surface area (Å²) in [5.41, 5.74) is 2.14. The molecule has 0 aromatic heterocycles. The van der Waals surface area contributed by atoms with Crippen LogP contribution in [0.15, 0.2) is 24.3 Å². The number of carbonyl (C=O) groups excluding carboxylic acids is 1. The Morgan fingerprint density at radius 1 is 1.20 bits per heavy atom. The zero-order chi connectivity index (χ0) is 14.7. The minimum atomic E-state index is -0.00243. The molecule has 0 radical (unpaired) electrons. The maximum atomic E-state index is 12.7. The zero-order valence-electron chi connectivity index (χ0n) is 13.2. The van der Waals surface area contributed by atoms with Crippen LogP contribution in [0.25, 0.3) is 0 Å². The van der Waals surface area contributed by atoms with Gasteiger partial charge in [-0.15, -0.1) is 0 Å². The number of nitrogens with zero attached hydrogens (tertiary/aromatic N) is 1. The standard InChI is InChI=1S/C18H27NO/c1-5-15-6-8-16(9-7-15)18(20)14(4)19(12-13(2)3)17-10-11-17/h6-9,13-14,17H,5,10-12H2,1-4H3. The summed E-state index contributed by atoms with van der Waals surface area (Å²) in [7, 11) is 0. The van der Waals surface area contributed by atoms with Crippen LogP contribution >= 0.6 is 0 Å². The van der Waals surface area contributed by atoms with Crippen LogP contribution in [0.2, 0.25) is 0 Å². The fourth-order valence-electron chi connectivity index (χ4n) is 2.75. The average molecular weight is 273 g/mol. The highest BCUT2D eigenvalue weighted by molar-refractivity contribution is 5.99. The van der Waals surface area contributed by atoms with Gasteiger partial charge in [-0.3, -0.25) is 9.69 Å². The minimum Gasteiger partial charge on any atom is -0.292 e. The molecule has 0 aliphatic heterocycles. The van der Waals surface area contributed by atoms with E-state index in [1.54, 1.807) is 0 Å². The van der Waals surface area contributed by atoms with Crippen molar-refractivity contribution in [1.29, 1.82) is 0 Å². The smallest absolute Gasteiger partial charge is 0.179 e. The van der Waals surface area contributed by atoms with Gasteiger partial charge in [0.2, 0.25) is 0 Å². The molecule has 2 rings (SSSR count). The summed E-state index contributed by atoms with van der Waals surface area (Å²) in [6.07, 6.45) is 3.52. The van der Waals surface area contributed by atoms with Crippen LogP contribution < -0.4 is 0 Å². The second kappa shape index (κ2) is 6.53. The molecule has 1 aliphatic rings. The summed E-state index contributed by atoms with van der Waals surface area (Å²) in [4.78, 5) is 15.1. The van der Waals surface area contributed by atoms with Crippen LogP contribution in [0.3, 0.4) is 0 Å². The second-order valence-corrected chi connectivity index (χ2v) is 6.41. The Hall–Kier alpha value is -1.15. The van der Waals surface area contributed by atoms with E-state index in [-0.39, 0.29) is 11.8 Å². The third-order valence-electron chi connectivity index (χ3n) is 4.12. The zero-order valence-corrected chi connectivity index (χ0v) is 13.2. The molecule has 0 heterocycles. The third-order valence-corrected chi connectivity index (χ3v) is 4.12. The van der Waals surface area contributed by atoms with Crippen molar-refractivity contribution in [3.8, 4) is 0 Å². The Morgan fingerprint density at radius 3 is 2.25 bits per heavy atom. The first kappa shape index (κ1) is 15.2. The third kappa shape index (κ3) is 3.69. The molecule has 1 unspecified atom stereocenters. The van der Waals surface area contributed by atoms with Gasteiger partial charge in [-0.2, -0.15) is 0 Å². The average Bonchev–Trinajstić information content (AvgIpc) is 3.27. The summed E-state index contributed by atoms with van der Waals surface area (Å²) in [5, 5.41) is 0. The van der Waals surface area contributed by atoms with Crippen molar-refractivity contribution in [3.05, 3.63) is 35.4 Å². The Morgan fingerprint density at radius 2 is 1.80 bits per heavy atom. The molecule has 1 fully saturated rings.